The number of carbonyl (C=O) groups is 2. The van der Waals surface area contributed by atoms with Gasteiger partial charge in [0.15, 0.2) is 0 Å². The van der Waals surface area contributed by atoms with Crippen molar-refractivity contribution >= 4 is 11.6 Å². The minimum atomic E-state index is -0.492. The van der Waals surface area contributed by atoms with Crippen LogP contribution in [0.25, 0.3) is 22.3 Å². The summed E-state index contributed by atoms with van der Waals surface area (Å²) in [6, 6.07) is 46.1. The van der Waals surface area contributed by atoms with Gasteiger partial charge in [0.2, 0.25) is 11.6 Å². The van der Waals surface area contributed by atoms with Gasteiger partial charge in [-0.25, -0.2) is 0 Å². The first-order valence-electron chi connectivity index (χ1n) is 11.1. The molecule has 0 amide bonds. The Balaban J connectivity index is 0.000000398. The van der Waals surface area contributed by atoms with Crippen LogP contribution in [0.1, 0.15) is 20.7 Å². The predicted molar refractivity (Wildman–Crippen MR) is 139 cm³/mol. The smallest absolute Gasteiger partial charge is 0.234 e. The fourth-order valence-electron chi connectivity index (χ4n) is 3.63. The summed E-state index contributed by atoms with van der Waals surface area (Å²) in [6.45, 7) is 0. The summed E-state index contributed by atoms with van der Waals surface area (Å²) in [7, 11) is 0. The van der Waals surface area contributed by atoms with Crippen LogP contribution in [0, 0.1) is 0 Å². The average Bonchev–Trinajstić information content (AvgIpc) is 2.94. The molecule has 2 nitrogen and oxygen atoms in total. The van der Waals surface area contributed by atoms with Crippen LogP contribution in [-0.2, 0) is 0 Å². The second-order valence-electron chi connectivity index (χ2n) is 7.67. The van der Waals surface area contributed by atoms with E-state index in [1.165, 1.54) is 0 Å². The molecule has 5 aromatic rings. The molecule has 0 aliphatic heterocycles. The average molecular weight is 441 g/mol. The Morgan fingerprint density at radius 2 is 0.765 bits per heavy atom. The molecule has 164 valence electrons. The van der Waals surface area contributed by atoms with Crippen LogP contribution >= 0.6 is 0 Å². The highest BCUT2D eigenvalue weighted by atomic mass is 16.2. The summed E-state index contributed by atoms with van der Waals surface area (Å²) < 4.78 is 0. The molecule has 0 fully saturated rings. The van der Waals surface area contributed by atoms with Gasteiger partial charge in [0.05, 0.1) is 0 Å². The Morgan fingerprint density at radius 1 is 0.353 bits per heavy atom. The third kappa shape index (κ3) is 5.62. The molecule has 5 rings (SSSR count). The van der Waals surface area contributed by atoms with Crippen LogP contribution in [0.15, 0.2) is 146 Å². The number of hydrogen-bond donors (Lipinski definition) is 0. The molecule has 0 aliphatic rings. The molecule has 0 aliphatic carbocycles. The lowest BCUT2D eigenvalue weighted by Gasteiger charge is -2.10. The van der Waals surface area contributed by atoms with Crippen LogP contribution in [0.2, 0.25) is 0 Å². The molecule has 0 heterocycles. The highest BCUT2D eigenvalue weighted by Crippen LogP contribution is 2.28. The Hall–Kier alpha value is -4.56. The van der Waals surface area contributed by atoms with E-state index in [4.69, 9.17) is 0 Å². The van der Waals surface area contributed by atoms with Crippen molar-refractivity contribution in [1.29, 1.82) is 0 Å². The largest absolute Gasteiger partial charge is 0.285 e. The molecule has 34 heavy (non-hydrogen) atoms. The fraction of sp³-hybridized carbons (Fsp3) is 0. The molecule has 2 heteroatoms. The Bertz CT molecular complexity index is 1310. The summed E-state index contributed by atoms with van der Waals surface area (Å²) >= 11 is 0. The van der Waals surface area contributed by atoms with Gasteiger partial charge < -0.3 is 0 Å². The topological polar surface area (TPSA) is 34.1 Å². The zero-order valence-electron chi connectivity index (χ0n) is 18.7. The normalized spacial score (nSPS) is 10.0. The number of rotatable bonds is 5. The minimum Gasteiger partial charge on any atom is -0.285 e. The van der Waals surface area contributed by atoms with Crippen molar-refractivity contribution in [1.82, 2.24) is 0 Å². The SMILES string of the molecule is O=C(C(=O)c1ccccc1-c1ccc(-c2ccccc2)cc1)c1ccccc1.c1ccccc1. The quantitative estimate of drug-likeness (QED) is 0.207. The van der Waals surface area contributed by atoms with E-state index in [-0.39, 0.29) is 0 Å². The van der Waals surface area contributed by atoms with E-state index < -0.39 is 11.6 Å². The molecule has 0 radical (unpaired) electrons. The second-order valence-corrected chi connectivity index (χ2v) is 7.67. The van der Waals surface area contributed by atoms with E-state index in [2.05, 4.69) is 12.1 Å². The van der Waals surface area contributed by atoms with Crippen molar-refractivity contribution < 1.29 is 9.59 Å². The van der Waals surface area contributed by atoms with E-state index in [1.54, 1.807) is 36.4 Å². The molecule has 5 aromatic carbocycles. The minimum absolute atomic E-state index is 0.404. The van der Waals surface area contributed by atoms with Gasteiger partial charge in [-0.05, 0) is 22.3 Å². The van der Waals surface area contributed by atoms with E-state index in [0.29, 0.717) is 11.1 Å². The number of carbonyl (C=O) groups excluding carboxylic acids is 2. The molecule has 0 saturated carbocycles. The van der Waals surface area contributed by atoms with Crippen molar-refractivity contribution in [2.75, 3.05) is 0 Å². The van der Waals surface area contributed by atoms with Gasteiger partial charge in [-0.2, -0.15) is 0 Å². The van der Waals surface area contributed by atoms with Gasteiger partial charge in [-0.1, -0.05) is 146 Å². The van der Waals surface area contributed by atoms with Gasteiger partial charge >= 0.3 is 0 Å². The fourth-order valence-corrected chi connectivity index (χ4v) is 3.63. The maximum Gasteiger partial charge on any atom is 0.234 e. The summed E-state index contributed by atoms with van der Waals surface area (Å²) in [5, 5.41) is 0. The first-order chi connectivity index (χ1) is 16.7. The summed E-state index contributed by atoms with van der Waals surface area (Å²) in [5.41, 5.74) is 4.73. The van der Waals surface area contributed by atoms with E-state index >= 15 is 0 Å². The van der Waals surface area contributed by atoms with Gasteiger partial charge in [-0.3, -0.25) is 9.59 Å². The third-order valence-corrected chi connectivity index (χ3v) is 5.38. The van der Waals surface area contributed by atoms with Crippen LogP contribution in [-0.4, -0.2) is 11.6 Å². The zero-order chi connectivity index (χ0) is 23.6. The van der Waals surface area contributed by atoms with Gasteiger partial charge in [0, 0.05) is 11.1 Å². The lowest BCUT2D eigenvalue weighted by molar-refractivity contribution is 0.0817. The standard InChI is InChI=1S/C26H18O2.C6H6/c27-25(22-11-5-2-6-12-22)26(28)24-14-8-7-13-23(24)21-17-15-20(16-18-21)19-9-3-1-4-10-19;1-2-4-6-5-3-1/h1-18H;1-6H. The van der Waals surface area contributed by atoms with E-state index in [1.807, 2.05) is 97.1 Å². The highest BCUT2D eigenvalue weighted by molar-refractivity contribution is 6.50. The Labute approximate surface area is 200 Å². The summed E-state index contributed by atoms with van der Waals surface area (Å²) in [5.74, 6) is -0.983. The van der Waals surface area contributed by atoms with Crippen molar-refractivity contribution in [3.05, 3.63) is 157 Å². The second kappa shape index (κ2) is 11.3. The Morgan fingerprint density at radius 3 is 1.35 bits per heavy atom. The summed E-state index contributed by atoms with van der Waals surface area (Å²) in [6.07, 6.45) is 0. The van der Waals surface area contributed by atoms with Gasteiger partial charge in [0.25, 0.3) is 0 Å². The van der Waals surface area contributed by atoms with Gasteiger partial charge in [-0.15, -0.1) is 0 Å². The molecule has 0 aromatic heterocycles. The van der Waals surface area contributed by atoms with Gasteiger partial charge in [0.1, 0.15) is 0 Å². The van der Waals surface area contributed by atoms with Crippen molar-refractivity contribution in [2.24, 2.45) is 0 Å². The lowest BCUT2D eigenvalue weighted by atomic mass is 9.92. The van der Waals surface area contributed by atoms with Crippen LogP contribution < -0.4 is 0 Å². The zero-order valence-corrected chi connectivity index (χ0v) is 18.7. The number of hydrogen-bond acceptors (Lipinski definition) is 2. The van der Waals surface area contributed by atoms with Crippen LogP contribution in [0.4, 0.5) is 0 Å². The van der Waals surface area contributed by atoms with E-state index in [9.17, 15) is 9.59 Å². The highest BCUT2D eigenvalue weighted by Gasteiger charge is 2.21. The first kappa shape index (κ1) is 22.6. The van der Waals surface area contributed by atoms with Crippen LogP contribution in [0.5, 0.6) is 0 Å². The molecule has 0 spiro atoms. The number of ketones is 2. The molecule has 0 unspecified atom stereocenters. The maximum atomic E-state index is 12.9. The molecule has 0 bridgehead atoms. The first-order valence-corrected chi connectivity index (χ1v) is 11.1. The van der Waals surface area contributed by atoms with Crippen molar-refractivity contribution in [2.45, 2.75) is 0 Å². The Kier molecular flexibility index (Phi) is 7.55. The monoisotopic (exact) mass is 440 g/mol. The molecule has 0 saturated heterocycles. The van der Waals surface area contributed by atoms with Crippen molar-refractivity contribution in [3.8, 4) is 22.3 Å². The number of Topliss-reactive ketones (excluding diaryl/α,β-unsaturated/α-hetero) is 2. The molecule has 0 atom stereocenters. The summed E-state index contributed by atoms with van der Waals surface area (Å²) in [4.78, 5) is 25.5. The number of benzene rings is 5. The maximum absolute atomic E-state index is 12.9. The predicted octanol–water partition coefficient (Wildman–Crippen LogP) is 7.77. The third-order valence-electron chi connectivity index (χ3n) is 5.38. The molecular formula is C32H24O2. The van der Waals surface area contributed by atoms with Crippen LogP contribution in [0.3, 0.4) is 0 Å². The van der Waals surface area contributed by atoms with Crippen molar-refractivity contribution in [3.63, 3.8) is 0 Å². The molecule has 0 N–H and O–H groups in total. The van der Waals surface area contributed by atoms with E-state index in [0.717, 1.165) is 22.3 Å². The lowest BCUT2D eigenvalue weighted by Crippen LogP contribution is -2.15. The molecular weight excluding hydrogens is 416 g/mol.